The summed E-state index contributed by atoms with van der Waals surface area (Å²) in [6.07, 6.45) is 4.06. The van der Waals surface area contributed by atoms with E-state index in [4.69, 9.17) is 4.74 Å². The third-order valence-electron chi connectivity index (χ3n) is 4.12. The van der Waals surface area contributed by atoms with E-state index in [0.717, 1.165) is 11.3 Å². The average molecular weight is 375 g/mol. The first-order valence-corrected chi connectivity index (χ1v) is 8.90. The zero-order valence-corrected chi connectivity index (χ0v) is 15.5. The fourth-order valence-electron chi connectivity index (χ4n) is 2.54. The molecule has 0 fully saturated rings. The number of anilines is 1. The van der Waals surface area contributed by atoms with Gasteiger partial charge in [0.25, 0.3) is 0 Å². The van der Waals surface area contributed by atoms with E-state index < -0.39 is 11.8 Å². The van der Waals surface area contributed by atoms with Crippen molar-refractivity contribution in [3.8, 4) is 11.5 Å². The summed E-state index contributed by atoms with van der Waals surface area (Å²) in [7, 11) is 1.61. The number of hydrogen-bond acceptors (Lipinski definition) is 4. The Morgan fingerprint density at radius 1 is 0.929 bits per heavy atom. The zero-order valence-electron chi connectivity index (χ0n) is 15.5. The monoisotopic (exact) mass is 375 g/mol. The molecular weight excluding hydrogens is 354 g/mol. The molecule has 0 spiro atoms. The number of pyridine rings is 1. The molecule has 0 aliphatic rings. The lowest BCUT2D eigenvalue weighted by atomic mass is 10.2. The Bertz CT molecular complexity index is 913. The predicted octanol–water partition coefficient (Wildman–Crippen LogP) is 3.51. The van der Waals surface area contributed by atoms with Crippen LogP contribution in [0.2, 0.25) is 0 Å². The van der Waals surface area contributed by atoms with E-state index in [1.165, 1.54) is 4.90 Å². The standard InChI is InChI=1S/C22H21N3O3/c1-25(16-13-17-11-14-23-15-12-17)22(27)21(26)24-18-7-9-20(10-8-18)28-19-5-3-2-4-6-19/h2-12,14-15H,13,16H2,1H3,(H,24,26). The number of carbonyl (C=O) groups is 2. The van der Waals surface area contributed by atoms with Gasteiger partial charge in [0.05, 0.1) is 0 Å². The SMILES string of the molecule is CN(CCc1ccncc1)C(=O)C(=O)Nc1ccc(Oc2ccccc2)cc1. The van der Waals surface area contributed by atoms with Crippen molar-refractivity contribution in [3.63, 3.8) is 0 Å². The minimum atomic E-state index is -0.672. The summed E-state index contributed by atoms with van der Waals surface area (Å²) in [4.78, 5) is 29.8. The largest absolute Gasteiger partial charge is 0.457 e. The lowest BCUT2D eigenvalue weighted by Crippen LogP contribution is -2.38. The van der Waals surface area contributed by atoms with Crippen molar-refractivity contribution < 1.29 is 14.3 Å². The van der Waals surface area contributed by atoms with Gasteiger partial charge in [0.2, 0.25) is 0 Å². The van der Waals surface area contributed by atoms with Gasteiger partial charge in [-0.15, -0.1) is 0 Å². The molecule has 0 bridgehead atoms. The Morgan fingerprint density at radius 3 is 2.25 bits per heavy atom. The molecule has 142 valence electrons. The van der Waals surface area contributed by atoms with Crippen LogP contribution in [0.5, 0.6) is 11.5 Å². The van der Waals surface area contributed by atoms with E-state index in [1.807, 2.05) is 42.5 Å². The van der Waals surface area contributed by atoms with Gasteiger partial charge in [-0.05, 0) is 60.5 Å². The number of nitrogens with zero attached hydrogens (tertiary/aromatic N) is 2. The van der Waals surface area contributed by atoms with Crippen LogP contribution in [0.25, 0.3) is 0 Å². The van der Waals surface area contributed by atoms with E-state index in [-0.39, 0.29) is 0 Å². The highest BCUT2D eigenvalue weighted by Crippen LogP contribution is 2.22. The van der Waals surface area contributed by atoms with Crippen LogP contribution in [0.3, 0.4) is 0 Å². The van der Waals surface area contributed by atoms with Crippen LogP contribution >= 0.6 is 0 Å². The van der Waals surface area contributed by atoms with Gasteiger partial charge in [0.1, 0.15) is 11.5 Å². The van der Waals surface area contributed by atoms with Gasteiger partial charge in [-0.2, -0.15) is 0 Å². The summed E-state index contributed by atoms with van der Waals surface area (Å²) in [6, 6.07) is 20.0. The molecule has 0 aliphatic carbocycles. The van der Waals surface area contributed by atoms with E-state index in [9.17, 15) is 9.59 Å². The quantitative estimate of drug-likeness (QED) is 0.669. The van der Waals surface area contributed by atoms with Gasteiger partial charge in [-0.25, -0.2) is 0 Å². The van der Waals surface area contributed by atoms with Crippen molar-refractivity contribution in [2.75, 3.05) is 18.9 Å². The molecule has 0 saturated heterocycles. The molecule has 2 amide bonds. The highest BCUT2D eigenvalue weighted by atomic mass is 16.5. The molecule has 0 unspecified atom stereocenters. The number of carbonyl (C=O) groups excluding carboxylic acids is 2. The smallest absolute Gasteiger partial charge is 0.313 e. The third kappa shape index (κ3) is 5.41. The molecule has 0 atom stereocenters. The third-order valence-corrected chi connectivity index (χ3v) is 4.12. The molecule has 3 rings (SSSR count). The number of benzene rings is 2. The summed E-state index contributed by atoms with van der Waals surface area (Å²) in [5.74, 6) is 0.114. The first-order chi connectivity index (χ1) is 13.6. The topological polar surface area (TPSA) is 71.5 Å². The first kappa shape index (κ1) is 19.1. The van der Waals surface area contributed by atoms with E-state index in [2.05, 4.69) is 10.3 Å². The normalized spacial score (nSPS) is 10.2. The molecule has 3 aromatic rings. The molecule has 1 aromatic heterocycles. The van der Waals surface area contributed by atoms with Gasteiger partial charge >= 0.3 is 11.8 Å². The van der Waals surface area contributed by atoms with E-state index in [1.54, 1.807) is 43.7 Å². The molecule has 0 radical (unpaired) electrons. The van der Waals surface area contributed by atoms with Crippen molar-refractivity contribution in [2.24, 2.45) is 0 Å². The maximum Gasteiger partial charge on any atom is 0.313 e. The highest BCUT2D eigenvalue weighted by Gasteiger charge is 2.18. The summed E-state index contributed by atoms with van der Waals surface area (Å²) in [6.45, 7) is 0.445. The van der Waals surface area contributed by atoms with Crippen molar-refractivity contribution in [1.29, 1.82) is 0 Å². The maximum absolute atomic E-state index is 12.3. The number of amides is 2. The second-order valence-electron chi connectivity index (χ2n) is 6.23. The first-order valence-electron chi connectivity index (χ1n) is 8.90. The van der Waals surface area contributed by atoms with Crippen molar-refractivity contribution in [1.82, 2.24) is 9.88 Å². The van der Waals surface area contributed by atoms with E-state index >= 15 is 0 Å². The summed E-state index contributed by atoms with van der Waals surface area (Å²) in [5.41, 5.74) is 1.59. The Hall–Kier alpha value is -3.67. The Kier molecular flexibility index (Phi) is 6.36. The van der Waals surface area contributed by atoms with Crippen LogP contribution in [-0.4, -0.2) is 35.3 Å². The van der Waals surface area contributed by atoms with Crippen LogP contribution in [0, 0.1) is 0 Å². The molecule has 28 heavy (non-hydrogen) atoms. The van der Waals surface area contributed by atoms with Gasteiger partial charge in [0, 0.05) is 31.7 Å². The molecule has 0 aliphatic heterocycles. The van der Waals surface area contributed by atoms with Crippen molar-refractivity contribution >= 4 is 17.5 Å². The van der Waals surface area contributed by atoms with E-state index in [0.29, 0.717) is 24.4 Å². The second-order valence-corrected chi connectivity index (χ2v) is 6.23. The molecule has 6 nitrogen and oxygen atoms in total. The van der Waals surface area contributed by atoms with Crippen molar-refractivity contribution in [2.45, 2.75) is 6.42 Å². The zero-order chi connectivity index (χ0) is 19.8. The predicted molar refractivity (Wildman–Crippen MR) is 107 cm³/mol. The van der Waals surface area contributed by atoms with Crippen LogP contribution in [0.1, 0.15) is 5.56 Å². The molecule has 1 heterocycles. The van der Waals surface area contributed by atoms with Gasteiger partial charge in [0.15, 0.2) is 0 Å². The Morgan fingerprint density at radius 2 is 1.57 bits per heavy atom. The number of ether oxygens (including phenoxy) is 1. The fraction of sp³-hybridized carbons (Fsp3) is 0.136. The highest BCUT2D eigenvalue weighted by molar-refractivity contribution is 6.39. The Labute approximate surface area is 163 Å². The number of likely N-dealkylation sites (N-methyl/N-ethyl adjacent to an activating group) is 1. The fourth-order valence-corrected chi connectivity index (χ4v) is 2.54. The molecule has 0 saturated carbocycles. The molecule has 6 heteroatoms. The van der Waals surface area contributed by atoms with Crippen LogP contribution < -0.4 is 10.1 Å². The van der Waals surface area contributed by atoms with Crippen molar-refractivity contribution in [3.05, 3.63) is 84.7 Å². The lowest BCUT2D eigenvalue weighted by Gasteiger charge is -2.16. The molecule has 2 aromatic carbocycles. The van der Waals surface area contributed by atoms with Crippen LogP contribution in [0.15, 0.2) is 79.1 Å². The number of aromatic nitrogens is 1. The lowest BCUT2D eigenvalue weighted by molar-refractivity contribution is -0.142. The number of hydrogen-bond donors (Lipinski definition) is 1. The number of nitrogens with one attached hydrogen (secondary N) is 1. The molecule has 1 N–H and O–H groups in total. The number of rotatable bonds is 6. The minimum absolute atomic E-state index is 0.445. The number of para-hydroxylation sites is 1. The van der Waals surface area contributed by atoms with Crippen LogP contribution in [0.4, 0.5) is 5.69 Å². The Balaban J connectivity index is 1.51. The summed E-state index contributed by atoms with van der Waals surface area (Å²) < 4.78 is 5.71. The molecular formula is C22H21N3O3. The minimum Gasteiger partial charge on any atom is -0.457 e. The van der Waals surface area contributed by atoms with Gasteiger partial charge in [-0.1, -0.05) is 18.2 Å². The average Bonchev–Trinajstić information content (AvgIpc) is 2.74. The summed E-state index contributed by atoms with van der Waals surface area (Å²) >= 11 is 0. The second kappa shape index (κ2) is 9.32. The maximum atomic E-state index is 12.3. The van der Waals surface area contributed by atoms with Crippen LogP contribution in [-0.2, 0) is 16.0 Å². The van der Waals surface area contributed by atoms with Gasteiger partial charge < -0.3 is 15.0 Å². The summed E-state index contributed by atoms with van der Waals surface area (Å²) in [5, 5.41) is 2.62. The van der Waals surface area contributed by atoms with Gasteiger partial charge in [-0.3, -0.25) is 14.6 Å².